The second kappa shape index (κ2) is 5.45. The topological polar surface area (TPSA) is 68.0 Å². The third-order valence-electron chi connectivity index (χ3n) is 3.75. The molecule has 1 amide bonds. The minimum absolute atomic E-state index is 0.110. The Kier molecular flexibility index (Phi) is 3.50. The molecule has 0 spiro atoms. The number of aromatic nitrogens is 2. The second-order valence-corrected chi connectivity index (χ2v) is 5.04. The van der Waals surface area contributed by atoms with Gasteiger partial charge in [0.15, 0.2) is 5.82 Å². The van der Waals surface area contributed by atoms with Gasteiger partial charge in [-0.3, -0.25) is 4.79 Å². The molecule has 1 N–H and O–H groups in total. The molecule has 0 bridgehead atoms. The minimum Gasteiger partial charge on any atom is -0.359 e. The first-order valence-electron chi connectivity index (χ1n) is 6.89. The maximum absolute atomic E-state index is 11.3. The largest absolute Gasteiger partial charge is 0.359 e. The number of nitrogens with zero attached hydrogens (tertiary/aromatic N) is 2. The predicted octanol–water partition coefficient (Wildman–Crippen LogP) is 1.83. The van der Waals surface area contributed by atoms with Gasteiger partial charge in [-0.05, 0) is 30.4 Å². The van der Waals surface area contributed by atoms with E-state index < -0.39 is 0 Å². The summed E-state index contributed by atoms with van der Waals surface area (Å²) in [4.78, 5) is 15.7. The monoisotopic (exact) mass is 271 g/mol. The molecule has 1 aromatic carbocycles. The molecule has 1 aromatic heterocycles. The number of benzene rings is 1. The van der Waals surface area contributed by atoms with Crippen LogP contribution in [0.1, 0.15) is 41.6 Å². The van der Waals surface area contributed by atoms with E-state index in [1.807, 2.05) is 6.07 Å². The summed E-state index contributed by atoms with van der Waals surface area (Å²) in [5, 5.41) is 6.46. The van der Waals surface area contributed by atoms with Crippen LogP contribution in [0.3, 0.4) is 0 Å². The van der Waals surface area contributed by atoms with Crippen molar-refractivity contribution in [1.29, 1.82) is 0 Å². The van der Waals surface area contributed by atoms with Crippen LogP contribution in [0.2, 0.25) is 0 Å². The molecule has 0 aliphatic heterocycles. The number of aryl methyl sites for hydroxylation is 1. The van der Waals surface area contributed by atoms with E-state index in [9.17, 15) is 4.79 Å². The van der Waals surface area contributed by atoms with Crippen molar-refractivity contribution in [2.45, 2.75) is 31.6 Å². The summed E-state index contributed by atoms with van der Waals surface area (Å²) in [5.74, 6) is 1.12. The lowest BCUT2D eigenvalue weighted by atomic mass is 9.83. The Hall–Kier alpha value is -2.17. The van der Waals surface area contributed by atoms with Crippen LogP contribution in [-0.2, 0) is 17.6 Å². The SMILES string of the molecule is CNC(=O)Cc1noc([C@H]2CCCc3ccccc32)n1. The number of carbonyl (C=O) groups excluding carboxylic acids is 1. The van der Waals surface area contributed by atoms with Crippen LogP contribution in [0, 0.1) is 0 Å². The van der Waals surface area contributed by atoms with Crippen molar-refractivity contribution in [1.82, 2.24) is 15.5 Å². The molecule has 20 heavy (non-hydrogen) atoms. The summed E-state index contributed by atoms with van der Waals surface area (Å²) in [6.07, 6.45) is 3.40. The highest BCUT2D eigenvalue weighted by atomic mass is 16.5. The lowest BCUT2D eigenvalue weighted by Crippen LogP contribution is -2.20. The molecule has 1 aliphatic carbocycles. The third kappa shape index (κ3) is 2.43. The molecular formula is C15H17N3O2. The number of rotatable bonds is 3. The van der Waals surface area contributed by atoms with Gasteiger partial charge in [0.1, 0.15) is 0 Å². The fourth-order valence-corrected chi connectivity index (χ4v) is 2.72. The van der Waals surface area contributed by atoms with Crippen LogP contribution in [0.15, 0.2) is 28.8 Å². The van der Waals surface area contributed by atoms with Crippen LogP contribution in [-0.4, -0.2) is 23.1 Å². The molecule has 0 radical (unpaired) electrons. The number of hydrogen-bond donors (Lipinski definition) is 1. The molecule has 1 heterocycles. The average Bonchev–Trinajstić information content (AvgIpc) is 2.94. The van der Waals surface area contributed by atoms with Gasteiger partial charge in [0, 0.05) is 7.05 Å². The molecule has 1 aliphatic rings. The molecule has 104 valence electrons. The first kappa shape index (κ1) is 12.8. The van der Waals surface area contributed by atoms with E-state index in [0.29, 0.717) is 11.7 Å². The Morgan fingerprint density at radius 1 is 1.45 bits per heavy atom. The molecule has 2 aromatic rings. The predicted molar refractivity (Wildman–Crippen MR) is 73.3 cm³/mol. The number of likely N-dealkylation sites (N-methyl/N-ethyl adjacent to an activating group) is 1. The van der Waals surface area contributed by atoms with Gasteiger partial charge in [-0.15, -0.1) is 0 Å². The number of fused-ring (bicyclic) bond motifs is 1. The van der Waals surface area contributed by atoms with Crippen molar-refractivity contribution >= 4 is 5.91 Å². The Morgan fingerprint density at radius 2 is 2.30 bits per heavy atom. The van der Waals surface area contributed by atoms with Crippen molar-refractivity contribution in [3.63, 3.8) is 0 Å². The maximum Gasteiger partial charge on any atom is 0.234 e. The summed E-state index contributed by atoms with van der Waals surface area (Å²) >= 11 is 0. The van der Waals surface area contributed by atoms with Crippen LogP contribution < -0.4 is 5.32 Å². The van der Waals surface area contributed by atoms with Gasteiger partial charge >= 0.3 is 0 Å². The van der Waals surface area contributed by atoms with Crippen molar-refractivity contribution in [2.75, 3.05) is 7.05 Å². The van der Waals surface area contributed by atoms with Crippen molar-refractivity contribution in [3.05, 3.63) is 47.1 Å². The highest BCUT2D eigenvalue weighted by Crippen LogP contribution is 2.35. The average molecular weight is 271 g/mol. The summed E-state index contributed by atoms with van der Waals surface area (Å²) in [6, 6.07) is 8.39. The van der Waals surface area contributed by atoms with Gasteiger partial charge in [0.05, 0.1) is 12.3 Å². The van der Waals surface area contributed by atoms with Gasteiger partial charge in [0.25, 0.3) is 0 Å². The molecule has 0 saturated heterocycles. The standard InChI is InChI=1S/C15H17N3O2/c1-16-14(19)9-13-17-15(20-18-13)12-8-4-6-10-5-2-3-7-11(10)12/h2-3,5,7,12H,4,6,8-9H2,1H3,(H,16,19)/t12-/m0/s1. The van der Waals surface area contributed by atoms with E-state index in [1.165, 1.54) is 11.1 Å². The third-order valence-corrected chi connectivity index (χ3v) is 3.75. The normalized spacial score (nSPS) is 17.6. The van der Waals surface area contributed by atoms with E-state index in [1.54, 1.807) is 7.05 Å². The zero-order valence-electron chi connectivity index (χ0n) is 11.4. The summed E-state index contributed by atoms with van der Waals surface area (Å²) < 4.78 is 5.37. The van der Waals surface area contributed by atoms with Gasteiger partial charge < -0.3 is 9.84 Å². The quantitative estimate of drug-likeness (QED) is 0.924. The zero-order valence-corrected chi connectivity index (χ0v) is 11.4. The first-order chi connectivity index (χ1) is 9.78. The Morgan fingerprint density at radius 3 is 3.15 bits per heavy atom. The molecule has 3 rings (SSSR count). The molecule has 0 fully saturated rings. The second-order valence-electron chi connectivity index (χ2n) is 5.04. The van der Waals surface area contributed by atoms with Gasteiger partial charge in [-0.2, -0.15) is 4.98 Å². The maximum atomic E-state index is 11.3. The molecule has 0 unspecified atom stereocenters. The van der Waals surface area contributed by atoms with Gasteiger partial charge in [0.2, 0.25) is 11.8 Å². The van der Waals surface area contributed by atoms with Crippen LogP contribution in [0.5, 0.6) is 0 Å². The first-order valence-corrected chi connectivity index (χ1v) is 6.89. The molecule has 5 nitrogen and oxygen atoms in total. The van der Waals surface area contributed by atoms with E-state index in [4.69, 9.17) is 4.52 Å². The van der Waals surface area contributed by atoms with Crippen LogP contribution in [0.25, 0.3) is 0 Å². The Bertz CT molecular complexity index is 621. The molecule has 1 atom stereocenters. The fraction of sp³-hybridized carbons (Fsp3) is 0.400. The highest BCUT2D eigenvalue weighted by Gasteiger charge is 2.26. The highest BCUT2D eigenvalue weighted by molar-refractivity contribution is 5.77. The lowest BCUT2D eigenvalue weighted by Gasteiger charge is -2.22. The van der Waals surface area contributed by atoms with Gasteiger partial charge in [-0.1, -0.05) is 29.4 Å². The molecular weight excluding hydrogens is 254 g/mol. The van der Waals surface area contributed by atoms with Crippen molar-refractivity contribution in [3.8, 4) is 0 Å². The summed E-state index contributed by atoms with van der Waals surface area (Å²) in [6.45, 7) is 0. The minimum atomic E-state index is -0.110. The number of carbonyl (C=O) groups is 1. The van der Waals surface area contributed by atoms with E-state index in [2.05, 4.69) is 33.7 Å². The molecule has 0 saturated carbocycles. The van der Waals surface area contributed by atoms with Crippen molar-refractivity contribution in [2.24, 2.45) is 0 Å². The van der Waals surface area contributed by atoms with Gasteiger partial charge in [-0.25, -0.2) is 0 Å². The van der Waals surface area contributed by atoms with Crippen LogP contribution >= 0.6 is 0 Å². The number of nitrogens with one attached hydrogen (secondary N) is 1. The van der Waals surface area contributed by atoms with E-state index in [0.717, 1.165) is 19.3 Å². The summed E-state index contributed by atoms with van der Waals surface area (Å²) in [7, 11) is 1.60. The zero-order chi connectivity index (χ0) is 13.9. The lowest BCUT2D eigenvalue weighted by molar-refractivity contribution is -0.120. The summed E-state index contributed by atoms with van der Waals surface area (Å²) in [5.41, 5.74) is 2.63. The molecule has 5 heteroatoms. The van der Waals surface area contributed by atoms with E-state index >= 15 is 0 Å². The number of amides is 1. The van der Waals surface area contributed by atoms with Crippen LogP contribution in [0.4, 0.5) is 0 Å². The number of hydrogen-bond acceptors (Lipinski definition) is 4. The smallest absolute Gasteiger partial charge is 0.234 e. The van der Waals surface area contributed by atoms with E-state index in [-0.39, 0.29) is 18.2 Å². The fourth-order valence-electron chi connectivity index (χ4n) is 2.72. The Labute approximate surface area is 117 Å². The Balaban J connectivity index is 1.85. The van der Waals surface area contributed by atoms with Crippen molar-refractivity contribution < 1.29 is 9.32 Å².